The molecule has 0 aliphatic rings. The van der Waals surface area contributed by atoms with E-state index in [9.17, 15) is 14.0 Å². The fourth-order valence-corrected chi connectivity index (χ4v) is 2.42. The summed E-state index contributed by atoms with van der Waals surface area (Å²) in [5.41, 5.74) is 0.301. The van der Waals surface area contributed by atoms with Gasteiger partial charge in [-0.15, -0.1) is 0 Å². The molecule has 0 aliphatic heterocycles. The van der Waals surface area contributed by atoms with Gasteiger partial charge >= 0.3 is 0 Å². The van der Waals surface area contributed by atoms with E-state index in [-0.39, 0.29) is 17.9 Å². The van der Waals surface area contributed by atoms with Crippen LogP contribution in [0.1, 0.15) is 48.7 Å². The van der Waals surface area contributed by atoms with Crippen molar-refractivity contribution < 1.29 is 18.4 Å². The van der Waals surface area contributed by atoms with Crippen LogP contribution >= 0.6 is 0 Å². The second-order valence-corrected chi connectivity index (χ2v) is 6.38. The highest BCUT2D eigenvalue weighted by Crippen LogP contribution is 2.16. The van der Waals surface area contributed by atoms with Gasteiger partial charge in [0.1, 0.15) is 23.4 Å². The summed E-state index contributed by atoms with van der Waals surface area (Å²) in [5.74, 6) is 0.161. The van der Waals surface area contributed by atoms with E-state index in [4.69, 9.17) is 4.42 Å². The molecule has 2 N–H and O–H groups in total. The zero-order valence-electron chi connectivity index (χ0n) is 14.8. The van der Waals surface area contributed by atoms with Crippen LogP contribution in [-0.4, -0.2) is 17.9 Å². The van der Waals surface area contributed by atoms with Crippen molar-refractivity contribution in [1.29, 1.82) is 0 Å². The number of hydrogen-bond acceptors (Lipinski definition) is 3. The number of hydrogen-bond donors (Lipinski definition) is 2. The van der Waals surface area contributed by atoms with Crippen LogP contribution in [0, 0.1) is 18.7 Å². The Morgan fingerprint density at radius 2 is 1.64 bits per heavy atom. The third kappa shape index (κ3) is 4.92. The van der Waals surface area contributed by atoms with E-state index in [0.717, 1.165) is 5.76 Å². The van der Waals surface area contributed by atoms with E-state index >= 15 is 0 Å². The number of benzene rings is 1. The Kier molecular flexibility index (Phi) is 5.96. The molecular formula is C19H23FN2O3. The first kappa shape index (κ1) is 18.7. The molecule has 2 aromatic rings. The third-order valence-electron chi connectivity index (χ3n) is 3.89. The summed E-state index contributed by atoms with van der Waals surface area (Å²) in [6, 6.07) is 7.79. The van der Waals surface area contributed by atoms with E-state index in [2.05, 4.69) is 10.6 Å². The molecule has 1 aromatic heterocycles. The summed E-state index contributed by atoms with van der Waals surface area (Å²) >= 11 is 0. The number of furan rings is 1. The Morgan fingerprint density at radius 1 is 1.00 bits per heavy atom. The monoisotopic (exact) mass is 346 g/mol. The van der Waals surface area contributed by atoms with Crippen LogP contribution in [-0.2, 0) is 4.79 Å². The van der Waals surface area contributed by atoms with Crippen molar-refractivity contribution in [2.75, 3.05) is 0 Å². The molecule has 0 bridgehead atoms. The van der Waals surface area contributed by atoms with Crippen LogP contribution in [0.2, 0.25) is 0 Å². The van der Waals surface area contributed by atoms with Gasteiger partial charge in [-0.1, -0.05) is 13.8 Å². The molecule has 1 aromatic carbocycles. The maximum absolute atomic E-state index is 13.0. The molecule has 2 amide bonds. The first-order chi connectivity index (χ1) is 11.8. The lowest BCUT2D eigenvalue weighted by Gasteiger charge is -2.23. The second kappa shape index (κ2) is 7.96. The fourth-order valence-electron chi connectivity index (χ4n) is 2.42. The van der Waals surface area contributed by atoms with Crippen LogP contribution in [0.15, 0.2) is 40.8 Å². The molecule has 0 saturated heterocycles. The smallest absolute Gasteiger partial charge is 0.251 e. The van der Waals surface area contributed by atoms with Crippen LogP contribution in [0.3, 0.4) is 0 Å². The van der Waals surface area contributed by atoms with Crippen LogP contribution in [0.4, 0.5) is 4.39 Å². The molecule has 5 nitrogen and oxygen atoms in total. The predicted octanol–water partition coefficient (Wildman–Crippen LogP) is 3.36. The summed E-state index contributed by atoms with van der Waals surface area (Å²) in [4.78, 5) is 24.9. The molecule has 134 valence electrons. The van der Waals surface area contributed by atoms with Crippen molar-refractivity contribution in [3.8, 4) is 0 Å². The topological polar surface area (TPSA) is 71.3 Å². The highest BCUT2D eigenvalue weighted by molar-refractivity contribution is 5.97. The number of halogens is 1. The molecule has 0 saturated carbocycles. The summed E-state index contributed by atoms with van der Waals surface area (Å²) in [5, 5.41) is 5.56. The lowest BCUT2D eigenvalue weighted by Crippen LogP contribution is -2.50. The Labute approximate surface area is 146 Å². The van der Waals surface area contributed by atoms with Gasteiger partial charge in [0.15, 0.2) is 0 Å². The summed E-state index contributed by atoms with van der Waals surface area (Å²) in [6.07, 6.45) is 0. The normalized spacial score (nSPS) is 13.4. The van der Waals surface area contributed by atoms with Crippen molar-refractivity contribution in [3.05, 3.63) is 59.3 Å². The van der Waals surface area contributed by atoms with Crippen molar-refractivity contribution in [3.63, 3.8) is 0 Å². The Bertz CT molecular complexity index is 737. The summed E-state index contributed by atoms with van der Waals surface area (Å²) < 4.78 is 18.5. The molecule has 0 spiro atoms. The lowest BCUT2D eigenvalue weighted by atomic mass is 10.0. The Morgan fingerprint density at radius 3 is 2.16 bits per heavy atom. The van der Waals surface area contributed by atoms with Gasteiger partial charge in [0.2, 0.25) is 5.91 Å². The highest BCUT2D eigenvalue weighted by atomic mass is 19.1. The average Bonchev–Trinajstić information content (AvgIpc) is 2.99. The molecule has 1 heterocycles. The largest absolute Gasteiger partial charge is 0.464 e. The molecular weight excluding hydrogens is 323 g/mol. The summed E-state index contributed by atoms with van der Waals surface area (Å²) in [7, 11) is 0. The maximum atomic E-state index is 13.0. The van der Waals surface area contributed by atoms with Crippen LogP contribution in [0.25, 0.3) is 0 Å². The average molecular weight is 346 g/mol. The molecule has 6 heteroatoms. The van der Waals surface area contributed by atoms with Crippen molar-refractivity contribution >= 4 is 11.8 Å². The first-order valence-corrected chi connectivity index (χ1v) is 8.21. The summed E-state index contributed by atoms with van der Waals surface area (Å²) in [6.45, 7) is 7.33. The van der Waals surface area contributed by atoms with Gasteiger partial charge in [-0.05, 0) is 56.2 Å². The molecule has 0 fully saturated rings. The number of aryl methyl sites for hydroxylation is 1. The Balaban J connectivity index is 2.05. The van der Waals surface area contributed by atoms with Crippen molar-refractivity contribution in [2.45, 2.75) is 39.8 Å². The van der Waals surface area contributed by atoms with E-state index in [1.54, 1.807) is 0 Å². The molecule has 0 aliphatic carbocycles. The Hall–Kier alpha value is -2.63. The third-order valence-corrected chi connectivity index (χ3v) is 3.89. The zero-order chi connectivity index (χ0) is 18.6. The van der Waals surface area contributed by atoms with E-state index < -0.39 is 17.8 Å². The second-order valence-electron chi connectivity index (χ2n) is 6.38. The molecule has 2 atom stereocenters. The molecule has 25 heavy (non-hydrogen) atoms. The van der Waals surface area contributed by atoms with Gasteiger partial charge < -0.3 is 15.1 Å². The SMILES string of the molecule is Cc1ccc(C(C)NC(=O)C(NC(=O)c2ccc(F)cc2)C(C)C)o1. The first-order valence-electron chi connectivity index (χ1n) is 8.21. The van der Waals surface area contributed by atoms with E-state index in [1.807, 2.05) is 39.8 Å². The minimum absolute atomic E-state index is 0.116. The highest BCUT2D eigenvalue weighted by Gasteiger charge is 2.26. The van der Waals surface area contributed by atoms with Crippen LogP contribution < -0.4 is 10.6 Å². The van der Waals surface area contributed by atoms with Crippen molar-refractivity contribution in [2.24, 2.45) is 5.92 Å². The van der Waals surface area contributed by atoms with Gasteiger partial charge in [-0.25, -0.2) is 4.39 Å². The number of rotatable bonds is 6. The van der Waals surface area contributed by atoms with Gasteiger partial charge in [0.05, 0.1) is 6.04 Å². The minimum atomic E-state index is -0.712. The van der Waals surface area contributed by atoms with Gasteiger partial charge in [-0.3, -0.25) is 9.59 Å². The number of carbonyl (C=O) groups is 2. The number of amides is 2. The van der Waals surface area contributed by atoms with Crippen molar-refractivity contribution in [1.82, 2.24) is 10.6 Å². The van der Waals surface area contributed by atoms with E-state index in [1.165, 1.54) is 24.3 Å². The van der Waals surface area contributed by atoms with Crippen LogP contribution in [0.5, 0.6) is 0 Å². The minimum Gasteiger partial charge on any atom is -0.464 e. The van der Waals surface area contributed by atoms with Gasteiger partial charge in [-0.2, -0.15) is 0 Å². The van der Waals surface area contributed by atoms with Gasteiger partial charge in [0.25, 0.3) is 5.91 Å². The molecule has 2 rings (SSSR count). The fraction of sp³-hybridized carbons (Fsp3) is 0.368. The maximum Gasteiger partial charge on any atom is 0.251 e. The number of carbonyl (C=O) groups excluding carboxylic acids is 2. The predicted molar refractivity (Wildman–Crippen MR) is 92.5 cm³/mol. The lowest BCUT2D eigenvalue weighted by molar-refractivity contribution is -0.124. The zero-order valence-corrected chi connectivity index (χ0v) is 14.8. The van der Waals surface area contributed by atoms with E-state index in [0.29, 0.717) is 11.3 Å². The van der Waals surface area contributed by atoms with Gasteiger partial charge in [0, 0.05) is 5.56 Å². The standard InChI is InChI=1S/C19H23FN2O3/c1-11(2)17(22-18(23)14-6-8-15(20)9-7-14)19(24)21-13(4)16-10-5-12(3)25-16/h5-11,13,17H,1-4H3,(H,21,24)(H,22,23). The molecule has 0 radical (unpaired) electrons. The number of nitrogens with one attached hydrogen (secondary N) is 2. The molecule has 2 unspecified atom stereocenters. The quantitative estimate of drug-likeness (QED) is 0.842.